The molecule has 28 heavy (non-hydrogen) atoms. The van der Waals surface area contributed by atoms with Crippen molar-refractivity contribution in [2.24, 2.45) is 0 Å². The van der Waals surface area contributed by atoms with Crippen LogP contribution in [0.15, 0.2) is 29.2 Å². The van der Waals surface area contributed by atoms with Crippen LogP contribution in [0.1, 0.15) is 18.4 Å². The van der Waals surface area contributed by atoms with E-state index in [1.807, 2.05) is 0 Å². The third-order valence-electron chi connectivity index (χ3n) is 4.45. The molecule has 3 rings (SSSR count). The SMILES string of the molecule is COc1ccc(/C=C2/SC(=O)N(CCC(=O)N[C@@H]3CCS(=O)(=O)C3)C2=O)cc1. The third-order valence-corrected chi connectivity index (χ3v) is 7.12. The molecule has 0 unspecified atom stereocenters. The number of carbonyl (C=O) groups excluding carboxylic acids is 3. The molecule has 1 aromatic rings. The molecule has 150 valence electrons. The number of hydrogen-bond acceptors (Lipinski definition) is 7. The number of amides is 3. The first kappa shape index (κ1) is 20.4. The highest BCUT2D eigenvalue weighted by atomic mass is 32.2. The van der Waals surface area contributed by atoms with Crippen molar-refractivity contribution in [3.63, 3.8) is 0 Å². The van der Waals surface area contributed by atoms with Crippen LogP contribution < -0.4 is 10.1 Å². The molecule has 0 spiro atoms. The minimum absolute atomic E-state index is 0.0457. The van der Waals surface area contributed by atoms with Crippen LogP contribution in [0.5, 0.6) is 5.75 Å². The number of rotatable bonds is 6. The maximum absolute atomic E-state index is 12.5. The normalized spacial score (nSPS) is 22.7. The number of benzene rings is 1. The Morgan fingerprint density at radius 2 is 2.04 bits per heavy atom. The van der Waals surface area contributed by atoms with Crippen molar-refractivity contribution in [1.82, 2.24) is 10.2 Å². The van der Waals surface area contributed by atoms with Crippen LogP contribution in [0, 0.1) is 0 Å². The van der Waals surface area contributed by atoms with Crippen LogP contribution >= 0.6 is 11.8 Å². The van der Waals surface area contributed by atoms with E-state index in [9.17, 15) is 22.8 Å². The van der Waals surface area contributed by atoms with Crippen molar-refractivity contribution in [3.05, 3.63) is 34.7 Å². The molecule has 1 aromatic carbocycles. The zero-order valence-electron chi connectivity index (χ0n) is 15.2. The van der Waals surface area contributed by atoms with Crippen molar-refractivity contribution < 1.29 is 27.5 Å². The van der Waals surface area contributed by atoms with Gasteiger partial charge in [-0.3, -0.25) is 19.3 Å². The molecule has 0 aliphatic carbocycles. The summed E-state index contributed by atoms with van der Waals surface area (Å²) in [5.74, 6) is -0.129. The number of nitrogens with one attached hydrogen (secondary N) is 1. The van der Waals surface area contributed by atoms with Crippen LogP contribution in [0.2, 0.25) is 0 Å². The highest BCUT2D eigenvalue weighted by Gasteiger charge is 2.35. The van der Waals surface area contributed by atoms with E-state index >= 15 is 0 Å². The van der Waals surface area contributed by atoms with E-state index in [-0.39, 0.29) is 35.3 Å². The first-order valence-corrected chi connectivity index (χ1v) is 11.3. The van der Waals surface area contributed by atoms with Gasteiger partial charge in [-0.2, -0.15) is 0 Å². The Bertz CT molecular complexity index is 924. The lowest BCUT2D eigenvalue weighted by molar-refractivity contribution is -0.124. The van der Waals surface area contributed by atoms with Gasteiger partial charge in [0, 0.05) is 19.0 Å². The van der Waals surface area contributed by atoms with Crippen molar-refractivity contribution in [2.45, 2.75) is 18.9 Å². The summed E-state index contributed by atoms with van der Waals surface area (Å²) >= 11 is 0.827. The monoisotopic (exact) mass is 424 g/mol. The molecule has 2 heterocycles. The summed E-state index contributed by atoms with van der Waals surface area (Å²) in [5, 5.41) is 2.22. The number of nitrogens with zero attached hydrogens (tertiary/aromatic N) is 1. The maximum atomic E-state index is 12.5. The molecule has 0 radical (unpaired) electrons. The van der Waals surface area contributed by atoms with Crippen molar-refractivity contribution in [3.8, 4) is 5.75 Å². The van der Waals surface area contributed by atoms with Crippen LogP contribution in [0.3, 0.4) is 0 Å². The van der Waals surface area contributed by atoms with Crippen LogP contribution in [0.4, 0.5) is 4.79 Å². The number of imide groups is 1. The zero-order chi connectivity index (χ0) is 20.3. The van der Waals surface area contributed by atoms with Crippen molar-refractivity contribution in [2.75, 3.05) is 25.2 Å². The molecule has 1 atom stereocenters. The fraction of sp³-hybridized carbons (Fsp3) is 0.389. The Labute approximate surface area is 167 Å². The lowest BCUT2D eigenvalue weighted by Crippen LogP contribution is -2.38. The highest BCUT2D eigenvalue weighted by Crippen LogP contribution is 2.32. The predicted molar refractivity (Wildman–Crippen MR) is 105 cm³/mol. The summed E-state index contributed by atoms with van der Waals surface area (Å²) in [6.45, 7) is -0.0457. The van der Waals surface area contributed by atoms with Gasteiger partial charge in [-0.05, 0) is 42.0 Å². The van der Waals surface area contributed by atoms with E-state index in [0.29, 0.717) is 12.2 Å². The first-order valence-electron chi connectivity index (χ1n) is 8.66. The van der Waals surface area contributed by atoms with Gasteiger partial charge >= 0.3 is 0 Å². The molecule has 1 N–H and O–H groups in total. The van der Waals surface area contributed by atoms with E-state index in [0.717, 1.165) is 22.2 Å². The minimum Gasteiger partial charge on any atom is -0.497 e. The number of hydrogen-bond donors (Lipinski definition) is 1. The summed E-state index contributed by atoms with van der Waals surface area (Å²) in [4.78, 5) is 37.9. The Balaban J connectivity index is 1.56. The molecule has 0 aromatic heterocycles. The molecule has 2 aliphatic heterocycles. The molecule has 0 saturated carbocycles. The van der Waals surface area contributed by atoms with Crippen molar-refractivity contribution in [1.29, 1.82) is 0 Å². The fourth-order valence-corrected chi connectivity index (χ4v) is 5.50. The summed E-state index contributed by atoms with van der Waals surface area (Å²) in [5.41, 5.74) is 0.756. The topological polar surface area (TPSA) is 110 Å². The predicted octanol–water partition coefficient (Wildman–Crippen LogP) is 1.42. The molecular weight excluding hydrogens is 404 g/mol. The van der Waals surface area contributed by atoms with E-state index in [4.69, 9.17) is 4.74 Å². The lowest BCUT2D eigenvalue weighted by Gasteiger charge is -2.14. The second-order valence-corrected chi connectivity index (χ2v) is 9.75. The standard InChI is InChI=1S/C18H20N2O6S2/c1-26-14-4-2-12(3-5-14)10-15-17(22)20(18(23)27-15)8-6-16(21)19-13-7-9-28(24,25)11-13/h2-5,10,13H,6-9,11H2,1H3,(H,19,21)/b15-10+/t13-/m1/s1. The maximum Gasteiger partial charge on any atom is 0.293 e. The Hall–Kier alpha value is -2.33. The van der Waals surface area contributed by atoms with E-state index in [1.165, 1.54) is 0 Å². The molecular formula is C18H20N2O6S2. The molecule has 10 heteroatoms. The Kier molecular flexibility index (Phi) is 6.09. The number of ether oxygens (including phenoxy) is 1. The van der Waals surface area contributed by atoms with E-state index in [1.54, 1.807) is 37.5 Å². The number of carbonyl (C=O) groups is 3. The van der Waals surface area contributed by atoms with Crippen molar-refractivity contribution >= 4 is 44.7 Å². The van der Waals surface area contributed by atoms with Gasteiger partial charge in [-0.15, -0.1) is 0 Å². The Morgan fingerprint density at radius 3 is 2.64 bits per heavy atom. The number of thioether (sulfide) groups is 1. The van der Waals surface area contributed by atoms with Gasteiger partial charge < -0.3 is 10.1 Å². The number of sulfone groups is 1. The average Bonchev–Trinajstić information content (AvgIpc) is 3.12. The van der Waals surface area contributed by atoms with E-state index in [2.05, 4.69) is 5.32 Å². The average molecular weight is 425 g/mol. The quantitative estimate of drug-likeness (QED) is 0.688. The van der Waals surface area contributed by atoms with Gasteiger partial charge in [0.2, 0.25) is 5.91 Å². The molecule has 2 saturated heterocycles. The van der Waals surface area contributed by atoms with Gasteiger partial charge in [0.05, 0.1) is 23.5 Å². The summed E-state index contributed by atoms with van der Waals surface area (Å²) in [6, 6.07) is 6.65. The smallest absolute Gasteiger partial charge is 0.293 e. The fourth-order valence-electron chi connectivity index (χ4n) is 2.97. The second kappa shape index (κ2) is 8.36. The van der Waals surface area contributed by atoms with Crippen LogP contribution in [-0.2, 0) is 19.4 Å². The van der Waals surface area contributed by atoms with Gasteiger partial charge in [0.15, 0.2) is 9.84 Å². The first-order chi connectivity index (χ1) is 13.3. The van der Waals surface area contributed by atoms with Gasteiger partial charge in [-0.25, -0.2) is 8.42 Å². The summed E-state index contributed by atoms with van der Waals surface area (Å²) in [6.07, 6.45) is 1.94. The van der Waals surface area contributed by atoms with Gasteiger partial charge in [0.1, 0.15) is 5.75 Å². The molecule has 2 fully saturated rings. The summed E-state index contributed by atoms with van der Waals surface area (Å²) < 4.78 is 27.9. The zero-order valence-corrected chi connectivity index (χ0v) is 16.8. The highest BCUT2D eigenvalue weighted by molar-refractivity contribution is 8.18. The van der Waals surface area contributed by atoms with Gasteiger partial charge in [-0.1, -0.05) is 12.1 Å². The second-order valence-electron chi connectivity index (χ2n) is 6.52. The van der Waals surface area contributed by atoms with Gasteiger partial charge in [0.25, 0.3) is 11.1 Å². The number of methoxy groups -OCH3 is 1. The molecule has 2 aliphatic rings. The minimum atomic E-state index is -3.08. The molecule has 8 nitrogen and oxygen atoms in total. The third kappa shape index (κ3) is 4.93. The Morgan fingerprint density at radius 1 is 1.32 bits per heavy atom. The molecule has 3 amide bonds. The lowest BCUT2D eigenvalue weighted by atomic mass is 10.2. The summed E-state index contributed by atoms with van der Waals surface area (Å²) in [7, 11) is -1.53. The largest absolute Gasteiger partial charge is 0.497 e. The van der Waals surface area contributed by atoms with E-state index < -0.39 is 27.0 Å². The van der Waals surface area contributed by atoms with Crippen LogP contribution in [-0.4, -0.2) is 61.6 Å². The van der Waals surface area contributed by atoms with Crippen LogP contribution in [0.25, 0.3) is 6.08 Å². The molecule has 0 bridgehead atoms.